The minimum Gasteiger partial charge on any atom is -0.421 e. The van der Waals surface area contributed by atoms with Gasteiger partial charge in [0.15, 0.2) is 11.6 Å². The predicted octanol–water partition coefficient (Wildman–Crippen LogP) is 4.22. The van der Waals surface area contributed by atoms with E-state index in [1.54, 1.807) is 0 Å². The van der Waals surface area contributed by atoms with Crippen molar-refractivity contribution >= 4 is 5.95 Å². The summed E-state index contributed by atoms with van der Waals surface area (Å²) in [5.74, 6) is -0.716. The Hall–Kier alpha value is -2.36. The molecule has 1 aliphatic heterocycles. The van der Waals surface area contributed by atoms with E-state index in [9.17, 15) is 17.6 Å². The summed E-state index contributed by atoms with van der Waals surface area (Å²) in [7, 11) is 0. The number of nitrogens with one attached hydrogen (secondary N) is 2. The fourth-order valence-corrected chi connectivity index (χ4v) is 4.15. The maximum Gasteiger partial charge on any atom is 0.419 e. The second-order valence-corrected chi connectivity index (χ2v) is 7.90. The third-order valence-corrected chi connectivity index (χ3v) is 5.59. The zero-order valence-electron chi connectivity index (χ0n) is 16.1. The van der Waals surface area contributed by atoms with Gasteiger partial charge in [-0.1, -0.05) is 6.07 Å². The van der Waals surface area contributed by atoms with E-state index < -0.39 is 23.3 Å². The van der Waals surface area contributed by atoms with E-state index in [1.807, 2.05) is 13.8 Å². The van der Waals surface area contributed by atoms with Crippen molar-refractivity contribution in [1.82, 2.24) is 20.1 Å². The molecule has 1 aliphatic carbocycles. The summed E-state index contributed by atoms with van der Waals surface area (Å²) in [6, 6.07) is 2.92. The summed E-state index contributed by atoms with van der Waals surface area (Å²) in [5.41, 5.74) is -1.38. The van der Waals surface area contributed by atoms with Gasteiger partial charge in [-0.2, -0.15) is 18.2 Å². The maximum atomic E-state index is 14.4. The average Bonchev–Trinajstić information content (AvgIpc) is 3.12. The van der Waals surface area contributed by atoms with Crippen LogP contribution in [0.5, 0.6) is 11.8 Å². The number of alkyl halides is 3. The summed E-state index contributed by atoms with van der Waals surface area (Å²) in [5, 5.41) is 11.2. The van der Waals surface area contributed by atoms with Crippen molar-refractivity contribution in [2.45, 2.75) is 44.9 Å². The number of nitrogens with zero attached hydrogens (tertiary/aromatic N) is 3. The SMILES string of the molecule is CC(C)n1nc(N[C@@H]2[C@@H]3CC[C@H]2CNC3)nc1Oc1cccc(C(F)(F)F)c1F. The molecule has 1 aromatic heterocycles. The molecule has 1 aromatic carbocycles. The molecular weight excluding hydrogens is 390 g/mol. The standard InChI is InChI=1S/C19H23F4N5O/c1-10(2)28-18(29-14-5-3-4-13(15(14)20)19(21,22)23)26-17(27-28)25-16-11-6-7-12(16)9-24-8-11/h3-5,10-12,16,24H,6-9H2,1-2H3,(H,25,27)/t11-,12+,16-. The van der Waals surface area contributed by atoms with E-state index >= 15 is 0 Å². The van der Waals surface area contributed by atoms with E-state index in [0.717, 1.165) is 38.1 Å². The van der Waals surface area contributed by atoms with Crippen molar-refractivity contribution in [3.05, 3.63) is 29.6 Å². The molecule has 29 heavy (non-hydrogen) atoms. The quantitative estimate of drug-likeness (QED) is 0.719. The summed E-state index contributed by atoms with van der Waals surface area (Å²) in [6.07, 6.45) is -2.56. The Bertz CT molecular complexity index is 866. The monoisotopic (exact) mass is 413 g/mol. The molecule has 2 heterocycles. The van der Waals surface area contributed by atoms with Crippen molar-refractivity contribution in [3.63, 3.8) is 0 Å². The molecule has 2 bridgehead atoms. The number of hydrogen-bond donors (Lipinski definition) is 2. The van der Waals surface area contributed by atoms with Crippen LogP contribution in [0.1, 0.15) is 38.3 Å². The predicted molar refractivity (Wildman–Crippen MR) is 98.4 cm³/mol. The van der Waals surface area contributed by atoms with Crippen LogP contribution in [-0.2, 0) is 6.18 Å². The van der Waals surface area contributed by atoms with Crippen molar-refractivity contribution in [2.24, 2.45) is 11.8 Å². The second-order valence-electron chi connectivity index (χ2n) is 7.90. The summed E-state index contributed by atoms with van der Waals surface area (Å²) in [4.78, 5) is 4.30. The largest absolute Gasteiger partial charge is 0.421 e. The molecule has 6 nitrogen and oxygen atoms in total. The highest BCUT2D eigenvalue weighted by molar-refractivity contribution is 5.36. The lowest BCUT2D eigenvalue weighted by Crippen LogP contribution is -2.45. The first-order valence-corrected chi connectivity index (χ1v) is 9.71. The minimum atomic E-state index is -4.81. The van der Waals surface area contributed by atoms with Crippen LogP contribution in [0.4, 0.5) is 23.5 Å². The molecule has 0 amide bonds. The Morgan fingerprint density at radius 3 is 2.52 bits per heavy atom. The molecule has 2 aromatic rings. The fraction of sp³-hybridized carbons (Fsp3) is 0.579. The first-order valence-electron chi connectivity index (χ1n) is 9.71. The van der Waals surface area contributed by atoms with Gasteiger partial charge in [-0.25, -0.2) is 9.07 Å². The molecule has 10 heteroatoms. The van der Waals surface area contributed by atoms with Gasteiger partial charge >= 0.3 is 12.2 Å². The van der Waals surface area contributed by atoms with Crippen molar-refractivity contribution in [3.8, 4) is 11.8 Å². The number of fused-ring (bicyclic) bond motifs is 2. The number of aromatic nitrogens is 3. The van der Waals surface area contributed by atoms with Gasteiger partial charge in [0, 0.05) is 6.04 Å². The molecule has 4 rings (SSSR count). The van der Waals surface area contributed by atoms with Gasteiger partial charge < -0.3 is 15.4 Å². The smallest absolute Gasteiger partial charge is 0.419 e. The molecule has 1 saturated carbocycles. The maximum absolute atomic E-state index is 14.4. The Labute approximate surface area is 165 Å². The van der Waals surface area contributed by atoms with Gasteiger partial charge in [-0.15, -0.1) is 5.10 Å². The Morgan fingerprint density at radius 1 is 1.21 bits per heavy atom. The lowest BCUT2D eigenvalue weighted by Gasteiger charge is -2.30. The van der Waals surface area contributed by atoms with E-state index in [4.69, 9.17) is 4.74 Å². The zero-order chi connectivity index (χ0) is 20.8. The molecule has 2 aliphatic rings. The Morgan fingerprint density at radius 2 is 1.90 bits per heavy atom. The van der Waals surface area contributed by atoms with Crippen LogP contribution < -0.4 is 15.4 Å². The molecule has 3 atom stereocenters. The lowest BCUT2D eigenvalue weighted by atomic mass is 9.94. The highest BCUT2D eigenvalue weighted by Gasteiger charge is 2.40. The summed E-state index contributed by atoms with van der Waals surface area (Å²) < 4.78 is 60.2. The average molecular weight is 413 g/mol. The third-order valence-electron chi connectivity index (χ3n) is 5.59. The van der Waals surface area contributed by atoms with E-state index in [1.165, 1.54) is 4.68 Å². The number of anilines is 1. The van der Waals surface area contributed by atoms with Gasteiger partial charge in [0.05, 0.1) is 11.6 Å². The first kappa shape index (κ1) is 19.9. The molecule has 0 radical (unpaired) electrons. The second kappa shape index (κ2) is 7.47. The molecule has 1 saturated heterocycles. The van der Waals surface area contributed by atoms with Gasteiger partial charge in [-0.3, -0.25) is 0 Å². The van der Waals surface area contributed by atoms with Crippen LogP contribution in [0.25, 0.3) is 0 Å². The first-order chi connectivity index (χ1) is 13.7. The van der Waals surface area contributed by atoms with Crippen LogP contribution in [0.15, 0.2) is 18.2 Å². The molecule has 2 N–H and O–H groups in total. The number of halogens is 4. The van der Waals surface area contributed by atoms with Gasteiger partial charge in [-0.05, 0) is 63.7 Å². The third kappa shape index (κ3) is 3.90. The number of rotatable bonds is 5. The van der Waals surface area contributed by atoms with Crippen LogP contribution >= 0.6 is 0 Å². The Kier molecular flexibility index (Phi) is 5.14. The summed E-state index contributed by atoms with van der Waals surface area (Å²) in [6.45, 7) is 5.53. The minimum absolute atomic E-state index is 0.0537. The normalized spacial score (nSPS) is 24.2. The van der Waals surface area contributed by atoms with Crippen molar-refractivity contribution < 1.29 is 22.3 Å². The number of benzene rings is 1. The number of hydrogen-bond acceptors (Lipinski definition) is 5. The van der Waals surface area contributed by atoms with Crippen molar-refractivity contribution in [2.75, 3.05) is 18.4 Å². The van der Waals surface area contributed by atoms with E-state index in [2.05, 4.69) is 20.7 Å². The highest BCUT2D eigenvalue weighted by Crippen LogP contribution is 2.38. The zero-order valence-corrected chi connectivity index (χ0v) is 16.1. The van der Waals surface area contributed by atoms with Crippen molar-refractivity contribution in [1.29, 1.82) is 0 Å². The molecular formula is C19H23F4N5O. The van der Waals surface area contributed by atoms with Gasteiger partial charge in [0.1, 0.15) is 0 Å². The van der Waals surface area contributed by atoms with Gasteiger partial charge in [0.2, 0.25) is 5.95 Å². The number of piperidine rings is 1. The molecule has 158 valence electrons. The van der Waals surface area contributed by atoms with Crippen LogP contribution in [0.2, 0.25) is 0 Å². The highest BCUT2D eigenvalue weighted by atomic mass is 19.4. The van der Waals surface area contributed by atoms with Crippen LogP contribution in [0.3, 0.4) is 0 Å². The number of ether oxygens (including phenoxy) is 1. The van der Waals surface area contributed by atoms with Crippen LogP contribution in [0, 0.1) is 17.7 Å². The fourth-order valence-electron chi connectivity index (χ4n) is 4.15. The lowest BCUT2D eigenvalue weighted by molar-refractivity contribution is -0.140. The molecule has 0 spiro atoms. The topological polar surface area (TPSA) is 64.0 Å². The molecule has 0 unspecified atom stereocenters. The summed E-state index contributed by atoms with van der Waals surface area (Å²) >= 11 is 0. The Balaban J connectivity index is 1.60. The van der Waals surface area contributed by atoms with Crippen LogP contribution in [-0.4, -0.2) is 33.9 Å². The van der Waals surface area contributed by atoms with Gasteiger partial charge in [0.25, 0.3) is 0 Å². The van der Waals surface area contributed by atoms with E-state index in [0.29, 0.717) is 23.9 Å². The van der Waals surface area contributed by atoms with E-state index in [-0.39, 0.29) is 18.1 Å². The molecule has 2 fully saturated rings.